The molecule has 0 atom stereocenters. The van der Waals surface area contributed by atoms with E-state index in [0.717, 1.165) is 23.6 Å². The summed E-state index contributed by atoms with van der Waals surface area (Å²) in [6.45, 7) is 1.21. The van der Waals surface area contributed by atoms with Gasteiger partial charge < -0.3 is 10.1 Å². The van der Waals surface area contributed by atoms with Gasteiger partial charge in [0.1, 0.15) is 24.1 Å². The van der Waals surface area contributed by atoms with Crippen LogP contribution in [0.3, 0.4) is 0 Å². The van der Waals surface area contributed by atoms with E-state index in [2.05, 4.69) is 15.3 Å². The molecule has 106 valence electrons. The van der Waals surface area contributed by atoms with Crippen molar-refractivity contribution in [3.05, 3.63) is 53.6 Å². The first-order valence-corrected chi connectivity index (χ1v) is 6.99. The summed E-state index contributed by atoms with van der Waals surface area (Å²) < 4.78 is 5.66. The van der Waals surface area contributed by atoms with Crippen molar-refractivity contribution in [2.24, 2.45) is 0 Å². The second kappa shape index (κ2) is 6.33. The van der Waals surface area contributed by atoms with Crippen LogP contribution in [0.4, 0.5) is 0 Å². The quantitative estimate of drug-likeness (QED) is 0.878. The molecule has 0 aromatic carbocycles. The zero-order chi connectivity index (χ0) is 14.5. The molecule has 0 spiro atoms. The highest BCUT2D eigenvalue weighted by Crippen LogP contribution is 2.19. The van der Waals surface area contributed by atoms with Gasteiger partial charge in [-0.05, 0) is 42.7 Å². The second-order valence-electron chi connectivity index (χ2n) is 5.09. The van der Waals surface area contributed by atoms with Crippen LogP contribution in [0.1, 0.15) is 29.8 Å². The summed E-state index contributed by atoms with van der Waals surface area (Å²) in [5, 5.41) is 12.2. The van der Waals surface area contributed by atoms with Crippen LogP contribution in [-0.2, 0) is 13.2 Å². The van der Waals surface area contributed by atoms with Crippen molar-refractivity contribution in [1.82, 2.24) is 15.3 Å². The molecule has 2 heterocycles. The van der Waals surface area contributed by atoms with Gasteiger partial charge in [-0.25, -0.2) is 4.98 Å². The monoisotopic (exact) mass is 280 g/mol. The van der Waals surface area contributed by atoms with Crippen LogP contribution in [0.2, 0.25) is 0 Å². The molecule has 21 heavy (non-hydrogen) atoms. The average Bonchev–Trinajstić information content (AvgIpc) is 3.36. The minimum Gasteiger partial charge on any atom is -0.487 e. The van der Waals surface area contributed by atoms with Gasteiger partial charge in [-0.15, -0.1) is 0 Å². The Labute approximate surface area is 123 Å². The van der Waals surface area contributed by atoms with Gasteiger partial charge in [-0.3, -0.25) is 4.98 Å². The smallest absolute Gasteiger partial charge is 0.140 e. The van der Waals surface area contributed by atoms with Gasteiger partial charge >= 0.3 is 0 Å². The predicted molar refractivity (Wildman–Crippen MR) is 77.4 cm³/mol. The molecule has 5 heteroatoms. The Kier molecular flexibility index (Phi) is 4.08. The summed E-state index contributed by atoms with van der Waals surface area (Å²) in [7, 11) is 0. The molecule has 1 aliphatic rings. The highest BCUT2D eigenvalue weighted by Gasteiger charge is 2.19. The number of nitrogens with zero attached hydrogens (tertiary/aromatic N) is 3. The van der Waals surface area contributed by atoms with Gasteiger partial charge in [0.15, 0.2) is 0 Å². The van der Waals surface area contributed by atoms with Gasteiger partial charge in [0, 0.05) is 18.8 Å². The number of rotatable bonds is 6. The lowest BCUT2D eigenvalue weighted by Crippen LogP contribution is -2.16. The lowest BCUT2D eigenvalue weighted by atomic mass is 10.2. The maximum atomic E-state index is 8.80. The molecule has 5 nitrogen and oxygen atoms in total. The first-order valence-electron chi connectivity index (χ1n) is 6.99. The molecule has 0 saturated heterocycles. The number of nitriles is 1. The van der Waals surface area contributed by atoms with Crippen LogP contribution in [0.15, 0.2) is 36.7 Å². The number of aromatic nitrogens is 2. The van der Waals surface area contributed by atoms with E-state index in [0.29, 0.717) is 18.3 Å². The molecule has 1 saturated carbocycles. The Morgan fingerprint density at radius 2 is 2.19 bits per heavy atom. The van der Waals surface area contributed by atoms with Crippen LogP contribution >= 0.6 is 0 Å². The average molecular weight is 280 g/mol. The standard InChI is InChI=1S/C16H16N4O/c17-8-15-7-12(5-6-18-15)11-21-16-4-3-14(20-10-16)9-19-13-1-2-13/h3-7,10,13,19H,1-2,9,11H2. The van der Waals surface area contributed by atoms with Crippen LogP contribution in [-0.4, -0.2) is 16.0 Å². The van der Waals surface area contributed by atoms with Crippen LogP contribution in [0, 0.1) is 11.3 Å². The number of nitrogens with one attached hydrogen (secondary N) is 1. The minimum absolute atomic E-state index is 0.399. The van der Waals surface area contributed by atoms with E-state index in [-0.39, 0.29) is 0 Å². The fourth-order valence-electron chi connectivity index (χ4n) is 1.93. The Bertz CT molecular complexity index is 644. The molecule has 1 N–H and O–H groups in total. The van der Waals surface area contributed by atoms with Crippen molar-refractivity contribution in [3.8, 4) is 11.8 Å². The molecule has 1 fully saturated rings. The molecule has 1 aliphatic carbocycles. The van der Waals surface area contributed by atoms with Crippen LogP contribution in [0.25, 0.3) is 0 Å². The molecular formula is C16H16N4O. The van der Waals surface area contributed by atoms with Crippen molar-refractivity contribution in [3.63, 3.8) is 0 Å². The molecule has 0 radical (unpaired) electrons. The normalized spacial score (nSPS) is 13.7. The number of hydrogen-bond donors (Lipinski definition) is 1. The van der Waals surface area contributed by atoms with E-state index >= 15 is 0 Å². The lowest BCUT2D eigenvalue weighted by molar-refractivity contribution is 0.304. The van der Waals surface area contributed by atoms with Crippen molar-refractivity contribution in [2.45, 2.75) is 32.0 Å². The van der Waals surface area contributed by atoms with Gasteiger partial charge in [0.25, 0.3) is 0 Å². The first-order chi connectivity index (χ1) is 10.3. The predicted octanol–water partition coefficient (Wildman–Crippen LogP) is 2.18. The van der Waals surface area contributed by atoms with Gasteiger partial charge in [-0.1, -0.05) is 0 Å². The lowest BCUT2D eigenvalue weighted by Gasteiger charge is -2.07. The summed E-state index contributed by atoms with van der Waals surface area (Å²) >= 11 is 0. The van der Waals surface area contributed by atoms with E-state index < -0.39 is 0 Å². The molecule has 3 rings (SSSR count). The number of hydrogen-bond acceptors (Lipinski definition) is 5. The summed E-state index contributed by atoms with van der Waals surface area (Å²) in [5.41, 5.74) is 2.33. The first kappa shape index (κ1) is 13.5. The highest BCUT2D eigenvalue weighted by molar-refractivity contribution is 5.26. The van der Waals surface area contributed by atoms with Gasteiger partial charge in [-0.2, -0.15) is 5.26 Å². The van der Waals surface area contributed by atoms with Gasteiger partial charge in [0.05, 0.1) is 11.9 Å². The number of ether oxygens (including phenoxy) is 1. The molecule has 0 unspecified atom stereocenters. The van der Waals surface area contributed by atoms with E-state index in [1.165, 1.54) is 12.8 Å². The SMILES string of the molecule is N#Cc1cc(COc2ccc(CNC3CC3)nc2)ccn1. The summed E-state index contributed by atoms with van der Waals surface area (Å²) in [6, 6.07) is 10.1. The Morgan fingerprint density at radius 1 is 1.29 bits per heavy atom. The Hall–Kier alpha value is -2.45. The van der Waals surface area contributed by atoms with E-state index in [4.69, 9.17) is 10.00 Å². The topological polar surface area (TPSA) is 70.8 Å². The van der Waals surface area contributed by atoms with Crippen LogP contribution < -0.4 is 10.1 Å². The van der Waals surface area contributed by atoms with Crippen LogP contribution in [0.5, 0.6) is 5.75 Å². The molecule has 0 amide bonds. The molecule has 0 bridgehead atoms. The Balaban J connectivity index is 1.53. The maximum Gasteiger partial charge on any atom is 0.140 e. The summed E-state index contributed by atoms with van der Waals surface area (Å²) in [4.78, 5) is 8.30. The molecule has 2 aromatic heterocycles. The van der Waals surface area contributed by atoms with Crippen molar-refractivity contribution in [2.75, 3.05) is 0 Å². The maximum absolute atomic E-state index is 8.80. The molecule has 2 aromatic rings. The van der Waals surface area contributed by atoms with Crippen molar-refractivity contribution < 1.29 is 4.74 Å². The number of pyridine rings is 2. The minimum atomic E-state index is 0.399. The zero-order valence-corrected chi connectivity index (χ0v) is 11.6. The van der Waals surface area contributed by atoms with E-state index in [1.54, 1.807) is 18.5 Å². The molecular weight excluding hydrogens is 264 g/mol. The van der Waals surface area contributed by atoms with E-state index in [1.807, 2.05) is 24.3 Å². The zero-order valence-electron chi connectivity index (χ0n) is 11.6. The molecule has 0 aliphatic heterocycles. The fraction of sp³-hybridized carbons (Fsp3) is 0.312. The third-order valence-electron chi connectivity index (χ3n) is 3.29. The summed E-state index contributed by atoms with van der Waals surface area (Å²) in [6.07, 6.45) is 5.90. The third-order valence-corrected chi connectivity index (χ3v) is 3.29. The van der Waals surface area contributed by atoms with E-state index in [9.17, 15) is 0 Å². The fourth-order valence-corrected chi connectivity index (χ4v) is 1.93. The highest BCUT2D eigenvalue weighted by atomic mass is 16.5. The third kappa shape index (κ3) is 4.01. The van der Waals surface area contributed by atoms with Crippen molar-refractivity contribution in [1.29, 1.82) is 5.26 Å². The Morgan fingerprint density at radius 3 is 2.90 bits per heavy atom. The van der Waals surface area contributed by atoms with Crippen molar-refractivity contribution >= 4 is 0 Å². The second-order valence-corrected chi connectivity index (χ2v) is 5.09. The van der Waals surface area contributed by atoms with Gasteiger partial charge in [0.2, 0.25) is 0 Å². The largest absolute Gasteiger partial charge is 0.487 e. The summed E-state index contributed by atoms with van der Waals surface area (Å²) in [5.74, 6) is 0.723.